The molecule has 0 unspecified atom stereocenters. The van der Waals surface area contributed by atoms with Gasteiger partial charge in [0.2, 0.25) is 0 Å². The summed E-state index contributed by atoms with van der Waals surface area (Å²) in [5.41, 5.74) is -0.0973. The second-order valence-corrected chi connectivity index (χ2v) is 4.13. The fourth-order valence-corrected chi connectivity index (χ4v) is 1.84. The molecule has 0 spiro atoms. The number of aryl methyl sites for hydroxylation is 1. The quantitative estimate of drug-likeness (QED) is 0.729. The van der Waals surface area contributed by atoms with Crippen LogP contribution in [-0.2, 0) is 12.6 Å². The Balaban J connectivity index is 3.09. The molecule has 1 rings (SSSR count). The predicted octanol–water partition coefficient (Wildman–Crippen LogP) is 3.49. The summed E-state index contributed by atoms with van der Waals surface area (Å²) in [7, 11) is 0. The van der Waals surface area contributed by atoms with Crippen molar-refractivity contribution < 1.29 is 13.2 Å². The summed E-state index contributed by atoms with van der Waals surface area (Å²) < 4.78 is 37.1. The first-order valence-corrected chi connectivity index (χ1v) is 5.62. The minimum absolute atomic E-state index is 0.244. The number of halogens is 4. The van der Waals surface area contributed by atoms with Crippen molar-refractivity contribution >= 4 is 28.5 Å². The molecule has 0 aliphatic carbocycles. The van der Waals surface area contributed by atoms with E-state index in [2.05, 4.69) is 16.9 Å². The van der Waals surface area contributed by atoms with Crippen LogP contribution in [0.4, 0.5) is 13.2 Å². The molecule has 1 aromatic carbocycles. The Bertz CT molecular complexity index is 322. The molecular weight excluding hydrogens is 275 g/mol. The maximum absolute atomic E-state index is 12.4. The van der Waals surface area contributed by atoms with Gasteiger partial charge in [-0.3, -0.25) is 0 Å². The molecular formula is C9H7AsClF3. The number of alkyl halides is 3. The Labute approximate surface area is 93.9 Å². The number of benzene rings is 1. The van der Waals surface area contributed by atoms with Gasteiger partial charge in [-0.15, -0.1) is 0 Å². The van der Waals surface area contributed by atoms with Crippen LogP contribution in [0, 0.1) is 0 Å². The van der Waals surface area contributed by atoms with E-state index in [-0.39, 0.29) is 5.02 Å². The van der Waals surface area contributed by atoms with Gasteiger partial charge in [0.1, 0.15) is 0 Å². The first kappa shape index (κ1) is 11.9. The van der Waals surface area contributed by atoms with Gasteiger partial charge in [0.25, 0.3) is 0 Å². The third-order valence-corrected chi connectivity index (χ3v) is 2.54. The van der Waals surface area contributed by atoms with Crippen molar-refractivity contribution in [2.45, 2.75) is 17.8 Å². The molecule has 0 amide bonds. The average Bonchev–Trinajstić information content (AvgIpc) is 2.07. The second kappa shape index (κ2) is 4.59. The second-order valence-electron chi connectivity index (χ2n) is 2.79. The van der Waals surface area contributed by atoms with Gasteiger partial charge in [-0.2, -0.15) is 0 Å². The van der Waals surface area contributed by atoms with Crippen molar-refractivity contribution in [2.24, 2.45) is 0 Å². The van der Waals surface area contributed by atoms with Gasteiger partial charge in [0.15, 0.2) is 0 Å². The molecule has 0 aromatic heterocycles. The standard InChI is InChI=1S/C9H7AsClF3/c10-4-3-6-1-2-8(11)7(5-6)9(12,13)14/h1-2,5H,3-4H2. The molecule has 0 fully saturated rings. The van der Waals surface area contributed by atoms with Crippen molar-refractivity contribution in [1.82, 2.24) is 0 Å². The van der Waals surface area contributed by atoms with Crippen LogP contribution in [0.2, 0.25) is 10.2 Å². The Hall–Kier alpha value is -0.142. The molecule has 0 atom stereocenters. The van der Waals surface area contributed by atoms with E-state index in [4.69, 9.17) is 11.6 Å². The molecule has 0 bridgehead atoms. The molecule has 0 heterocycles. The van der Waals surface area contributed by atoms with E-state index >= 15 is 0 Å². The summed E-state index contributed by atoms with van der Waals surface area (Å²) in [5, 5.41) is 0.512. The molecule has 0 saturated heterocycles. The van der Waals surface area contributed by atoms with Crippen LogP contribution >= 0.6 is 11.6 Å². The summed E-state index contributed by atoms with van der Waals surface area (Å²) in [4.78, 5) is 0. The molecule has 0 aliphatic rings. The van der Waals surface area contributed by atoms with Gasteiger partial charge in [-0.05, 0) is 0 Å². The van der Waals surface area contributed by atoms with Crippen molar-refractivity contribution in [3.8, 4) is 0 Å². The first-order chi connectivity index (χ1) is 6.45. The minimum atomic E-state index is -4.37. The van der Waals surface area contributed by atoms with Crippen LogP contribution in [0.15, 0.2) is 18.2 Å². The topological polar surface area (TPSA) is 0 Å². The van der Waals surface area contributed by atoms with Crippen LogP contribution in [0.5, 0.6) is 0 Å². The van der Waals surface area contributed by atoms with E-state index in [1.54, 1.807) is 6.07 Å². The normalized spacial score (nSPS) is 11.8. The zero-order valence-electron chi connectivity index (χ0n) is 7.11. The number of hydrogen-bond acceptors (Lipinski definition) is 0. The summed E-state index contributed by atoms with van der Waals surface area (Å²) in [5.74, 6) is 0. The first-order valence-electron chi connectivity index (χ1n) is 3.91. The maximum atomic E-state index is 12.4. The van der Waals surface area contributed by atoms with Gasteiger partial charge < -0.3 is 0 Å². The molecule has 14 heavy (non-hydrogen) atoms. The third kappa shape index (κ3) is 2.93. The Morgan fingerprint density at radius 1 is 1.29 bits per heavy atom. The molecule has 2 radical (unpaired) electrons. The van der Waals surface area contributed by atoms with Gasteiger partial charge in [-0.1, -0.05) is 0 Å². The summed E-state index contributed by atoms with van der Waals surface area (Å²) in [6.07, 6.45) is -3.75. The molecule has 0 saturated carbocycles. The van der Waals surface area contributed by atoms with Crippen LogP contribution < -0.4 is 0 Å². The molecule has 5 heteroatoms. The van der Waals surface area contributed by atoms with E-state index in [9.17, 15) is 13.2 Å². The van der Waals surface area contributed by atoms with Crippen molar-refractivity contribution in [2.75, 3.05) is 0 Å². The summed E-state index contributed by atoms with van der Waals surface area (Å²) in [6.45, 7) is 0. The van der Waals surface area contributed by atoms with Crippen LogP contribution in [0.1, 0.15) is 11.1 Å². The van der Waals surface area contributed by atoms with E-state index in [0.29, 0.717) is 12.0 Å². The van der Waals surface area contributed by atoms with Crippen LogP contribution in [0.3, 0.4) is 0 Å². The molecule has 0 nitrogen and oxygen atoms in total. The fraction of sp³-hybridized carbons (Fsp3) is 0.333. The SMILES string of the molecule is FC(F)(F)c1cc(CC[As])ccc1Cl. The molecule has 1 aromatic rings. The van der Waals surface area contributed by atoms with E-state index < -0.39 is 11.7 Å². The average molecular weight is 283 g/mol. The fourth-order valence-electron chi connectivity index (χ4n) is 1.07. The summed E-state index contributed by atoms with van der Waals surface area (Å²) in [6, 6.07) is 4.02. The van der Waals surface area contributed by atoms with Gasteiger partial charge in [-0.25, -0.2) is 0 Å². The van der Waals surface area contributed by atoms with Gasteiger partial charge in [0.05, 0.1) is 0 Å². The van der Waals surface area contributed by atoms with Gasteiger partial charge in [0, 0.05) is 0 Å². The molecule has 76 valence electrons. The Morgan fingerprint density at radius 2 is 1.93 bits per heavy atom. The van der Waals surface area contributed by atoms with Crippen LogP contribution in [-0.4, -0.2) is 16.9 Å². The van der Waals surface area contributed by atoms with Gasteiger partial charge >= 0.3 is 93.8 Å². The molecule has 0 aliphatic heterocycles. The van der Waals surface area contributed by atoms with Crippen molar-refractivity contribution in [3.63, 3.8) is 0 Å². The Kier molecular flexibility index (Phi) is 3.91. The summed E-state index contributed by atoms with van der Waals surface area (Å²) >= 11 is 7.79. The third-order valence-electron chi connectivity index (χ3n) is 1.74. The van der Waals surface area contributed by atoms with E-state index in [0.717, 1.165) is 11.3 Å². The number of rotatable bonds is 2. The zero-order chi connectivity index (χ0) is 10.8. The van der Waals surface area contributed by atoms with Crippen molar-refractivity contribution in [1.29, 1.82) is 0 Å². The Morgan fingerprint density at radius 3 is 2.43 bits per heavy atom. The number of hydrogen-bond donors (Lipinski definition) is 0. The zero-order valence-corrected chi connectivity index (χ0v) is 9.74. The molecule has 0 N–H and O–H groups in total. The van der Waals surface area contributed by atoms with E-state index in [1.807, 2.05) is 0 Å². The van der Waals surface area contributed by atoms with Crippen LogP contribution in [0.25, 0.3) is 0 Å². The predicted molar refractivity (Wildman–Crippen MR) is 50.7 cm³/mol. The van der Waals surface area contributed by atoms with Crippen molar-refractivity contribution in [3.05, 3.63) is 34.3 Å². The monoisotopic (exact) mass is 282 g/mol. The van der Waals surface area contributed by atoms with E-state index in [1.165, 1.54) is 6.07 Å².